The van der Waals surface area contributed by atoms with Crippen molar-refractivity contribution >= 4 is 23.4 Å². The highest BCUT2D eigenvalue weighted by Crippen LogP contribution is 2.26. The zero-order chi connectivity index (χ0) is 16.7. The minimum Gasteiger partial charge on any atom is -0.382 e. The van der Waals surface area contributed by atoms with E-state index in [0.717, 1.165) is 47.9 Å². The highest BCUT2D eigenvalue weighted by molar-refractivity contribution is 6.31. The summed E-state index contributed by atoms with van der Waals surface area (Å²) in [5.74, 6) is 0. The predicted octanol–water partition coefficient (Wildman–Crippen LogP) is 4.70. The summed E-state index contributed by atoms with van der Waals surface area (Å²) in [4.78, 5) is 6.96. The third-order valence-electron chi connectivity index (χ3n) is 4.38. The number of pyridine rings is 1. The van der Waals surface area contributed by atoms with Crippen LogP contribution in [0.15, 0.2) is 29.4 Å². The number of hydrogen-bond acceptors (Lipinski definition) is 3. The van der Waals surface area contributed by atoms with Crippen molar-refractivity contribution < 1.29 is 0 Å². The monoisotopic (exact) mass is 333 g/mol. The summed E-state index contributed by atoms with van der Waals surface area (Å²) in [6.45, 7) is 10.1. The molecule has 1 aliphatic rings. The van der Waals surface area contributed by atoms with Gasteiger partial charge in [0.25, 0.3) is 0 Å². The number of nitrogens with zero attached hydrogens (tertiary/aromatic N) is 2. The molecule has 0 fully saturated rings. The topological polar surface area (TPSA) is 28.2 Å². The van der Waals surface area contributed by atoms with E-state index in [1.54, 1.807) is 0 Å². The number of hydrogen-bond donors (Lipinski definition) is 1. The van der Waals surface area contributed by atoms with Crippen molar-refractivity contribution in [1.82, 2.24) is 9.88 Å². The first-order valence-corrected chi connectivity index (χ1v) is 9.02. The van der Waals surface area contributed by atoms with E-state index in [1.165, 1.54) is 13.0 Å². The van der Waals surface area contributed by atoms with Gasteiger partial charge in [0.05, 0.1) is 5.69 Å². The molecule has 126 valence electrons. The Hall–Kier alpha value is -1.32. The molecule has 2 rings (SSSR count). The van der Waals surface area contributed by atoms with Crippen LogP contribution < -0.4 is 5.32 Å². The number of halogens is 1. The lowest BCUT2D eigenvalue weighted by atomic mass is 10.1. The summed E-state index contributed by atoms with van der Waals surface area (Å²) in [6, 6.07) is 2.50. The Bertz CT molecular complexity index is 562. The third-order valence-corrected chi connectivity index (χ3v) is 4.66. The van der Waals surface area contributed by atoms with Gasteiger partial charge < -0.3 is 10.2 Å². The van der Waals surface area contributed by atoms with Crippen LogP contribution >= 0.6 is 11.6 Å². The van der Waals surface area contributed by atoms with Crippen LogP contribution in [0.1, 0.15) is 44.9 Å². The number of nitrogens with one attached hydrogen (secondary N) is 1. The maximum Gasteiger partial charge on any atom is 0.0534 e. The molecule has 1 aromatic rings. The summed E-state index contributed by atoms with van der Waals surface area (Å²) >= 11 is 6.12. The summed E-state index contributed by atoms with van der Waals surface area (Å²) < 4.78 is 0. The van der Waals surface area contributed by atoms with Crippen molar-refractivity contribution in [3.63, 3.8) is 0 Å². The van der Waals surface area contributed by atoms with Gasteiger partial charge in [-0.1, -0.05) is 31.5 Å². The predicted molar refractivity (Wildman–Crippen MR) is 101 cm³/mol. The van der Waals surface area contributed by atoms with E-state index in [4.69, 9.17) is 11.6 Å². The Kier molecular flexibility index (Phi) is 7.13. The lowest BCUT2D eigenvalue weighted by molar-refractivity contribution is 0.295. The van der Waals surface area contributed by atoms with E-state index in [0.29, 0.717) is 6.04 Å². The average molecular weight is 334 g/mol. The molecule has 0 saturated heterocycles. The summed E-state index contributed by atoms with van der Waals surface area (Å²) in [6.07, 6.45) is 11.1. The Labute approximate surface area is 145 Å². The fraction of sp³-hybridized carbons (Fsp3) is 0.526. The molecule has 0 radical (unpaired) electrons. The second-order valence-electron chi connectivity index (χ2n) is 6.06. The van der Waals surface area contributed by atoms with Gasteiger partial charge in [-0.3, -0.25) is 4.98 Å². The molecular weight excluding hydrogens is 306 g/mol. The molecule has 1 aromatic heterocycles. The standard InChI is InChI=1S/C19H28ClN3/c1-4-23(5-2)14-6-7-15(3)22-19-12-13-21-18-11-9-16(20)8-10-17(18)19/h8-10,12-13,15H,4-7,11,14H2,1-3H3,(H,21,22). The van der Waals surface area contributed by atoms with Crippen molar-refractivity contribution in [2.75, 3.05) is 25.0 Å². The Balaban J connectivity index is 1.95. The quantitative estimate of drug-likeness (QED) is 0.747. The minimum atomic E-state index is 0.442. The smallest absolute Gasteiger partial charge is 0.0534 e. The number of aromatic nitrogens is 1. The van der Waals surface area contributed by atoms with Crippen LogP contribution in [-0.2, 0) is 6.42 Å². The molecule has 0 saturated carbocycles. The molecule has 0 aliphatic heterocycles. The molecule has 0 spiro atoms. The zero-order valence-corrected chi connectivity index (χ0v) is 15.2. The Morgan fingerprint density at radius 1 is 1.30 bits per heavy atom. The van der Waals surface area contributed by atoms with Crippen molar-refractivity contribution in [2.45, 2.75) is 46.1 Å². The fourth-order valence-corrected chi connectivity index (χ4v) is 3.05. The van der Waals surface area contributed by atoms with Crippen LogP contribution in [0.25, 0.3) is 6.08 Å². The van der Waals surface area contributed by atoms with E-state index in [2.05, 4.69) is 48.1 Å². The van der Waals surface area contributed by atoms with Crippen molar-refractivity contribution in [3.05, 3.63) is 40.7 Å². The Morgan fingerprint density at radius 2 is 2.09 bits per heavy atom. The lowest BCUT2D eigenvalue weighted by Crippen LogP contribution is -2.25. The molecule has 1 heterocycles. The maximum absolute atomic E-state index is 6.12. The van der Waals surface area contributed by atoms with Crippen LogP contribution in [0, 0.1) is 0 Å². The first kappa shape index (κ1) is 18.0. The summed E-state index contributed by atoms with van der Waals surface area (Å²) in [5.41, 5.74) is 3.40. The molecule has 1 unspecified atom stereocenters. The SMILES string of the molecule is CCN(CC)CCCC(C)Nc1ccnc2c1C=CC(Cl)=CC2. The van der Waals surface area contributed by atoms with E-state index in [9.17, 15) is 0 Å². The molecule has 1 atom stereocenters. The number of allylic oxidation sites excluding steroid dienone is 3. The van der Waals surface area contributed by atoms with Gasteiger partial charge in [0.2, 0.25) is 0 Å². The van der Waals surface area contributed by atoms with Crippen molar-refractivity contribution in [1.29, 1.82) is 0 Å². The van der Waals surface area contributed by atoms with Gasteiger partial charge >= 0.3 is 0 Å². The number of fused-ring (bicyclic) bond motifs is 1. The first-order valence-electron chi connectivity index (χ1n) is 8.64. The molecule has 1 aliphatic carbocycles. The van der Waals surface area contributed by atoms with E-state index in [1.807, 2.05) is 18.3 Å². The molecule has 4 heteroatoms. The van der Waals surface area contributed by atoms with Crippen molar-refractivity contribution in [3.8, 4) is 0 Å². The minimum absolute atomic E-state index is 0.442. The van der Waals surface area contributed by atoms with E-state index in [-0.39, 0.29) is 0 Å². The van der Waals surface area contributed by atoms with E-state index < -0.39 is 0 Å². The van der Waals surface area contributed by atoms with Gasteiger partial charge in [-0.05, 0) is 57.6 Å². The van der Waals surface area contributed by atoms with Gasteiger partial charge in [0, 0.05) is 34.9 Å². The van der Waals surface area contributed by atoms with Crippen LogP contribution in [0.4, 0.5) is 5.69 Å². The zero-order valence-electron chi connectivity index (χ0n) is 14.5. The third kappa shape index (κ3) is 5.36. The highest BCUT2D eigenvalue weighted by atomic mass is 35.5. The van der Waals surface area contributed by atoms with Gasteiger partial charge in [0.1, 0.15) is 0 Å². The summed E-state index contributed by atoms with van der Waals surface area (Å²) in [7, 11) is 0. The van der Waals surface area contributed by atoms with E-state index >= 15 is 0 Å². The molecule has 3 nitrogen and oxygen atoms in total. The molecule has 0 amide bonds. The highest BCUT2D eigenvalue weighted by Gasteiger charge is 2.11. The average Bonchev–Trinajstić information content (AvgIpc) is 2.74. The second kappa shape index (κ2) is 9.09. The number of rotatable bonds is 8. The lowest BCUT2D eigenvalue weighted by Gasteiger charge is -2.21. The van der Waals surface area contributed by atoms with Gasteiger partial charge in [-0.15, -0.1) is 0 Å². The molecular formula is C19H28ClN3. The number of anilines is 1. The second-order valence-corrected chi connectivity index (χ2v) is 6.50. The molecule has 23 heavy (non-hydrogen) atoms. The Morgan fingerprint density at radius 3 is 2.83 bits per heavy atom. The van der Waals surface area contributed by atoms with Gasteiger partial charge in [-0.2, -0.15) is 0 Å². The largest absolute Gasteiger partial charge is 0.382 e. The molecule has 1 N–H and O–H groups in total. The molecule has 0 aromatic carbocycles. The maximum atomic E-state index is 6.12. The van der Waals surface area contributed by atoms with Crippen LogP contribution in [0.5, 0.6) is 0 Å². The van der Waals surface area contributed by atoms with Crippen LogP contribution in [-0.4, -0.2) is 35.6 Å². The van der Waals surface area contributed by atoms with Crippen LogP contribution in [0.2, 0.25) is 0 Å². The van der Waals surface area contributed by atoms with Crippen molar-refractivity contribution in [2.24, 2.45) is 0 Å². The molecule has 0 bridgehead atoms. The van der Waals surface area contributed by atoms with Gasteiger partial charge in [-0.25, -0.2) is 0 Å². The van der Waals surface area contributed by atoms with Gasteiger partial charge in [0.15, 0.2) is 0 Å². The first-order chi connectivity index (χ1) is 11.1. The normalized spacial score (nSPS) is 15.1. The fourth-order valence-electron chi connectivity index (χ4n) is 2.91. The summed E-state index contributed by atoms with van der Waals surface area (Å²) in [5, 5.41) is 4.43. The van der Waals surface area contributed by atoms with Crippen LogP contribution in [0.3, 0.4) is 0 Å².